The van der Waals surface area contributed by atoms with Crippen LogP contribution < -0.4 is 0 Å². The highest BCUT2D eigenvalue weighted by Crippen LogP contribution is 2.32. The zero-order chi connectivity index (χ0) is 18.0. The van der Waals surface area contributed by atoms with Gasteiger partial charge in [-0.2, -0.15) is 5.10 Å². The van der Waals surface area contributed by atoms with Crippen molar-refractivity contribution in [2.75, 3.05) is 26.2 Å². The molecule has 0 aromatic carbocycles. The molecule has 1 amide bonds. The summed E-state index contributed by atoms with van der Waals surface area (Å²) in [6.45, 7) is 13.6. The Balaban J connectivity index is 1.73. The van der Waals surface area contributed by atoms with Crippen molar-refractivity contribution in [2.45, 2.75) is 66.0 Å². The molecule has 140 valence electrons. The first kappa shape index (κ1) is 18.4. The van der Waals surface area contributed by atoms with Crippen molar-refractivity contribution < 1.29 is 4.79 Å². The highest BCUT2D eigenvalue weighted by atomic mass is 16.2. The Morgan fingerprint density at radius 3 is 2.72 bits per heavy atom. The Labute approximate surface area is 152 Å². The van der Waals surface area contributed by atoms with Crippen LogP contribution in [0.15, 0.2) is 6.20 Å². The number of aromatic nitrogens is 2. The number of carbonyl (C=O) groups is 1. The number of hydrogen-bond donors (Lipinski definition) is 0. The van der Waals surface area contributed by atoms with Crippen molar-refractivity contribution in [3.05, 3.63) is 17.5 Å². The molecule has 3 rings (SSSR count). The zero-order valence-electron chi connectivity index (χ0n) is 16.4. The molecule has 1 aromatic heterocycles. The van der Waals surface area contributed by atoms with Gasteiger partial charge in [0.1, 0.15) is 0 Å². The van der Waals surface area contributed by atoms with Crippen LogP contribution in [-0.2, 0) is 6.54 Å². The van der Waals surface area contributed by atoms with Crippen molar-refractivity contribution in [2.24, 2.45) is 11.8 Å². The highest BCUT2D eigenvalue weighted by molar-refractivity contribution is 5.95. The number of amides is 1. The topological polar surface area (TPSA) is 41.4 Å². The van der Waals surface area contributed by atoms with E-state index in [1.165, 1.54) is 19.4 Å². The molecule has 5 heteroatoms. The summed E-state index contributed by atoms with van der Waals surface area (Å²) in [6.07, 6.45) is 6.83. The van der Waals surface area contributed by atoms with E-state index in [1.54, 1.807) is 0 Å². The Kier molecular flexibility index (Phi) is 5.82. The van der Waals surface area contributed by atoms with Gasteiger partial charge in [-0.3, -0.25) is 14.4 Å². The molecule has 1 saturated carbocycles. The van der Waals surface area contributed by atoms with Crippen LogP contribution in [0.3, 0.4) is 0 Å². The lowest BCUT2D eigenvalue weighted by Crippen LogP contribution is -2.46. The Morgan fingerprint density at radius 1 is 1.32 bits per heavy atom. The summed E-state index contributed by atoms with van der Waals surface area (Å²) in [5.41, 5.74) is 1.64. The molecule has 2 heterocycles. The molecule has 1 atom stereocenters. The van der Waals surface area contributed by atoms with Crippen molar-refractivity contribution in [3.63, 3.8) is 0 Å². The third-order valence-corrected chi connectivity index (χ3v) is 5.63. The van der Waals surface area contributed by atoms with Crippen LogP contribution in [0.4, 0.5) is 0 Å². The minimum Gasteiger partial charge on any atom is -0.337 e. The van der Waals surface area contributed by atoms with E-state index >= 15 is 0 Å². The van der Waals surface area contributed by atoms with Crippen LogP contribution in [0, 0.1) is 18.8 Å². The van der Waals surface area contributed by atoms with Gasteiger partial charge < -0.3 is 4.90 Å². The van der Waals surface area contributed by atoms with E-state index in [2.05, 4.69) is 35.7 Å². The third-order valence-electron chi connectivity index (χ3n) is 5.63. The van der Waals surface area contributed by atoms with Gasteiger partial charge in [0.25, 0.3) is 5.91 Å². The van der Waals surface area contributed by atoms with Gasteiger partial charge in [0.05, 0.1) is 11.3 Å². The second kappa shape index (κ2) is 7.90. The van der Waals surface area contributed by atoms with Gasteiger partial charge in [0.15, 0.2) is 0 Å². The number of rotatable bonds is 6. The summed E-state index contributed by atoms with van der Waals surface area (Å²) in [5.74, 6) is 1.63. The standard InChI is InChI=1S/C20H34N4O/c1-5-9-24-13-18(16(4)21-24)20(25)23-11-6-10-22(12-17-7-8-17)19(14-23)15(2)3/h13,15,17,19H,5-12,14H2,1-4H3/t19-/m1/s1. The first-order chi connectivity index (χ1) is 12.0. The molecule has 0 N–H and O–H groups in total. The van der Waals surface area contributed by atoms with E-state index in [4.69, 9.17) is 0 Å². The molecule has 0 radical (unpaired) electrons. The Morgan fingerprint density at radius 2 is 2.08 bits per heavy atom. The summed E-state index contributed by atoms with van der Waals surface area (Å²) in [5, 5.41) is 4.52. The number of aryl methyl sites for hydroxylation is 2. The molecular weight excluding hydrogens is 312 g/mol. The maximum Gasteiger partial charge on any atom is 0.257 e. The number of hydrogen-bond acceptors (Lipinski definition) is 3. The summed E-state index contributed by atoms with van der Waals surface area (Å²) in [7, 11) is 0. The van der Waals surface area contributed by atoms with E-state index in [0.29, 0.717) is 12.0 Å². The SMILES string of the molecule is CCCn1cc(C(=O)N2CCCN(CC3CC3)[C@@H](C(C)C)C2)c(C)n1. The second-order valence-corrected chi connectivity index (χ2v) is 8.25. The fourth-order valence-electron chi connectivity index (χ4n) is 3.98. The fourth-order valence-corrected chi connectivity index (χ4v) is 3.98. The zero-order valence-corrected chi connectivity index (χ0v) is 16.4. The van der Waals surface area contributed by atoms with Gasteiger partial charge in [-0.15, -0.1) is 0 Å². The summed E-state index contributed by atoms with van der Waals surface area (Å²) in [4.78, 5) is 17.9. The minimum absolute atomic E-state index is 0.166. The third kappa shape index (κ3) is 4.43. The van der Waals surface area contributed by atoms with E-state index in [0.717, 1.165) is 56.2 Å². The monoisotopic (exact) mass is 346 g/mol. The van der Waals surface area contributed by atoms with Crippen LogP contribution in [0.2, 0.25) is 0 Å². The van der Waals surface area contributed by atoms with Crippen molar-refractivity contribution in [1.29, 1.82) is 0 Å². The Hall–Kier alpha value is -1.36. The van der Waals surface area contributed by atoms with Crippen LogP contribution in [-0.4, -0.2) is 57.7 Å². The normalized spacial score (nSPS) is 22.4. The largest absolute Gasteiger partial charge is 0.337 e. The van der Waals surface area contributed by atoms with Crippen molar-refractivity contribution >= 4 is 5.91 Å². The lowest BCUT2D eigenvalue weighted by molar-refractivity contribution is 0.0703. The predicted octanol–water partition coefficient (Wildman–Crippen LogP) is 3.18. The first-order valence-electron chi connectivity index (χ1n) is 10.1. The molecule has 25 heavy (non-hydrogen) atoms. The van der Waals surface area contributed by atoms with Gasteiger partial charge in [0, 0.05) is 45.0 Å². The molecule has 1 aliphatic heterocycles. The average molecular weight is 347 g/mol. The predicted molar refractivity (Wildman–Crippen MR) is 101 cm³/mol. The molecule has 0 bridgehead atoms. The molecular formula is C20H34N4O. The van der Waals surface area contributed by atoms with Crippen LogP contribution in [0.5, 0.6) is 0 Å². The summed E-state index contributed by atoms with van der Waals surface area (Å²) >= 11 is 0. The molecule has 0 unspecified atom stereocenters. The summed E-state index contributed by atoms with van der Waals surface area (Å²) < 4.78 is 1.92. The molecule has 1 aromatic rings. The fraction of sp³-hybridized carbons (Fsp3) is 0.800. The smallest absolute Gasteiger partial charge is 0.257 e. The van der Waals surface area contributed by atoms with Crippen LogP contribution in [0.1, 0.15) is 62.5 Å². The average Bonchev–Trinajstić information content (AvgIpc) is 3.33. The molecule has 0 spiro atoms. The minimum atomic E-state index is 0.166. The van der Waals surface area contributed by atoms with Gasteiger partial charge >= 0.3 is 0 Å². The number of carbonyl (C=O) groups excluding carboxylic acids is 1. The van der Waals surface area contributed by atoms with Gasteiger partial charge in [0.2, 0.25) is 0 Å². The van der Waals surface area contributed by atoms with E-state index < -0.39 is 0 Å². The first-order valence-corrected chi connectivity index (χ1v) is 10.1. The number of nitrogens with zero attached hydrogens (tertiary/aromatic N) is 4. The maximum absolute atomic E-state index is 13.2. The van der Waals surface area contributed by atoms with Crippen LogP contribution >= 0.6 is 0 Å². The van der Waals surface area contributed by atoms with Crippen molar-refractivity contribution in [1.82, 2.24) is 19.6 Å². The van der Waals surface area contributed by atoms with Gasteiger partial charge in [-0.25, -0.2) is 0 Å². The molecule has 5 nitrogen and oxygen atoms in total. The van der Waals surface area contributed by atoms with Gasteiger partial charge in [-0.05, 0) is 44.4 Å². The lowest BCUT2D eigenvalue weighted by Gasteiger charge is -2.34. The Bertz CT molecular complexity index is 591. The molecule has 2 fully saturated rings. The molecule has 1 saturated heterocycles. The molecule has 2 aliphatic rings. The van der Waals surface area contributed by atoms with Gasteiger partial charge in [-0.1, -0.05) is 20.8 Å². The quantitative estimate of drug-likeness (QED) is 0.794. The van der Waals surface area contributed by atoms with Crippen molar-refractivity contribution in [3.8, 4) is 0 Å². The lowest BCUT2D eigenvalue weighted by atomic mass is 10.0. The molecule has 1 aliphatic carbocycles. The maximum atomic E-state index is 13.2. The highest BCUT2D eigenvalue weighted by Gasteiger charge is 2.34. The van der Waals surface area contributed by atoms with E-state index in [9.17, 15) is 4.79 Å². The van der Waals surface area contributed by atoms with Crippen LogP contribution in [0.25, 0.3) is 0 Å². The van der Waals surface area contributed by atoms with E-state index in [-0.39, 0.29) is 5.91 Å². The summed E-state index contributed by atoms with van der Waals surface area (Å²) in [6, 6.07) is 0.470. The van der Waals surface area contributed by atoms with E-state index in [1.807, 2.05) is 17.8 Å². The second-order valence-electron chi connectivity index (χ2n) is 8.25.